The van der Waals surface area contributed by atoms with Crippen molar-refractivity contribution in [2.45, 2.75) is 6.54 Å². The lowest BCUT2D eigenvalue weighted by Gasteiger charge is -2.11. The minimum atomic E-state index is -0.333. The lowest BCUT2D eigenvalue weighted by atomic mass is 10.4. The van der Waals surface area contributed by atoms with Gasteiger partial charge in [0.2, 0.25) is 5.91 Å². The van der Waals surface area contributed by atoms with Crippen molar-refractivity contribution < 1.29 is 4.79 Å². The smallest absolute Gasteiger partial charge is 0.231 e. The number of anilines is 1. The molecular formula is C7H12N4OS. The second-order valence-corrected chi connectivity index (χ2v) is 3.95. The maximum absolute atomic E-state index is 10.5. The van der Waals surface area contributed by atoms with E-state index in [0.29, 0.717) is 11.7 Å². The molecule has 72 valence electrons. The van der Waals surface area contributed by atoms with E-state index in [2.05, 4.69) is 4.98 Å². The van der Waals surface area contributed by atoms with Gasteiger partial charge in [0.25, 0.3) is 0 Å². The summed E-state index contributed by atoms with van der Waals surface area (Å²) in [7, 11) is 1.82. The largest absolute Gasteiger partial charge is 0.375 e. The molecule has 4 N–H and O–H groups in total. The van der Waals surface area contributed by atoms with Gasteiger partial charge in [0, 0.05) is 17.6 Å². The van der Waals surface area contributed by atoms with Crippen LogP contribution in [-0.4, -0.2) is 29.4 Å². The molecule has 1 rings (SSSR count). The molecule has 13 heavy (non-hydrogen) atoms. The van der Waals surface area contributed by atoms with Gasteiger partial charge in [0.05, 0.1) is 6.54 Å². The quantitative estimate of drug-likeness (QED) is 0.695. The Morgan fingerprint density at radius 2 is 2.46 bits per heavy atom. The first kappa shape index (κ1) is 9.94. The van der Waals surface area contributed by atoms with Crippen molar-refractivity contribution in [3.63, 3.8) is 0 Å². The normalized spacial score (nSPS) is 10.6. The number of rotatable bonds is 4. The molecule has 0 saturated carbocycles. The molecule has 0 aromatic carbocycles. The Kier molecular flexibility index (Phi) is 3.21. The summed E-state index contributed by atoms with van der Waals surface area (Å²) in [6, 6.07) is 0. The fraction of sp³-hybridized carbons (Fsp3) is 0.429. The van der Waals surface area contributed by atoms with Gasteiger partial charge >= 0.3 is 0 Å². The van der Waals surface area contributed by atoms with Crippen LogP contribution in [0.4, 0.5) is 5.13 Å². The number of primary amides is 1. The van der Waals surface area contributed by atoms with Gasteiger partial charge < -0.3 is 11.5 Å². The van der Waals surface area contributed by atoms with E-state index in [4.69, 9.17) is 11.5 Å². The Bertz CT molecular complexity index is 298. The van der Waals surface area contributed by atoms with Gasteiger partial charge in [-0.2, -0.15) is 0 Å². The molecule has 0 spiro atoms. The average molecular weight is 200 g/mol. The highest BCUT2D eigenvalue weighted by Gasteiger charge is 2.05. The molecule has 1 aromatic rings. The second-order valence-electron chi connectivity index (χ2n) is 2.80. The lowest BCUT2D eigenvalue weighted by Crippen LogP contribution is -2.29. The number of carbonyl (C=O) groups is 1. The van der Waals surface area contributed by atoms with Crippen LogP contribution in [0.3, 0.4) is 0 Å². The number of nitrogen functional groups attached to an aromatic ring is 1. The highest BCUT2D eigenvalue weighted by molar-refractivity contribution is 7.15. The Labute approximate surface area is 80.4 Å². The van der Waals surface area contributed by atoms with Gasteiger partial charge in [-0.05, 0) is 7.05 Å². The Morgan fingerprint density at radius 3 is 2.92 bits per heavy atom. The van der Waals surface area contributed by atoms with E-state index in [-0.39, 0.29) is 12.5 Å². The van der Waals surface area contributed by atoms with Crippen molar-refractivity contribution in [3.8, 4) is 0 Å². The number of likely N-dealkylation sites (N-methyl/N-ethyl adjacent to an activating group) is 1. The van der Waals surface area contributed by atoms with Crippen molar-refractivity contribution in [2.75, 3.05) is 19.3 Å². The molecule has 0 aliphatic carbocycles. The predicted molar refractivity (Wildman–Crippen MR) is 52.1 cm³/mol. The van der Waals surface area contributed by atoms with Crippen LogP contribution >= 0.6 is 11.3 Å². The number of hydrogen-bond acceptors (Lipinski definition) is 5. The summed E-state index contributed by atoms with van der Waals surface area (Å²) in [6.45, 7) is 0.898. The number of aromatic nitrogens is 1. The first-order valence-corrected chi connectivity index (χ1v) is 4.56. The van der Waals surface area contributed by atoms with Crippen LogP contribution in [0.15, 0.2) is 6.20 Å². The molecule has 0 fully saturated rings. The molecule has 1 amide bonds. The zero-order valence-corrected chi connectivity index (χ0v) is 8.17. The number of amides is 1. The van der Waals surface area contributed by atoms with E-state index < -0.39 is 0 Å². The maximum atomic E-state index is 10.5. The highest BCUT2D eigenvalue weighted by atomic mass is 32.1. The average Bonchev–Trinajstić information content (AvgIpc) is 2.33. The molecule has 0 atom stereocenters. The van der Waals surface area contributed by atoms with Crippen LogP contribution in [0.1, 0.15) is 4.88 Å². The van der Waals surface area contributed by atoms with Crippen molar-refractivity contribution in [1.82, 2.24) is 9.88 Å². The molecule has 0 unspecified atom stereocenters. The molecule has 0 aliphatic rings. The third kappa shape index (κ3) is 3.39. The van der Waals surface area contributed by atoms with Crippen LogP contribution in [0.25, 0.3) is 0 Å². The van der Waals surface area contributed by atoms with Crippen molar-refractivity contribution >= 4 is 22.4 Å². The lowest BCUT2D eigenvalue weighted by molar-refractivity contribution is -0.118. The van der Waals surface area contributed by atoms with Gasteiger partial charge in [-0.3, -0.25) is 9.69 Å². The number of thiazole rings is 1. The standard InChI is InChI=1S/C7H12N4OS/c1-11(4-6(8)12)3-5-2-10-7(9)13-5/h2H,3-4H2,1H3,(H2,8,12)(H2,9,10). The number of nitrogens with zero attached hydrogens (tertiary/aromatic N) is 2. The van der Waals surface area contributed by atoms with E-state index in [1.807, 2.05) is 11.9 Å². The van der Waals surface area contributed by atoms with Gasteiger partial charge in [-0.15, -0.1) is 11.3 Å². The summed E-state index contributed by atoms with van der Waals surface area (Å²) in [5.74, 6) is -0.333. The molecule has 0 bridgehead atoms. The highest BCUT2D eigenvalue weighted by Crippen LogP contribution is 2.15. The summed E-state index contributed by atoms with van der Waals surface area (Å²) < 4.78 is 0. The fourth-order valence-electron chi connectivity index (χ4n) is 0.984. The SMILES string of the molecule is CN(CC(N)=O)Cc1cnc(N)s1. The number of carbonyl (C=O) groups excluding carboxylic acids is 1. The first-order chi connectivity index (χ1) is 6.08. The van der Waals surface area contributed by atoms with E-state index in [9.17, 15) is 4.79 Å². The number of nitrogens with two attached hydrogens (primary N) is 2. The summed E-state index contributed by atoms with van der Waals surface area (Å²) in [4.78, 5) is 17.3. The topological polar surface area (TPSA) is 85.2 Å². The van der Waals surface area contributed by atoms with Gasteiger partial charge in [0.1, 0.15) is 0 Å². The van der Waals surface area contributed by atoms with Crippen molar-refractivity contribution in [3.05, 3.63) is 11.1 Å². The molecule has 0 radical (unpaired) electrons. The predicted octanol–water partition coefficient (Wildman–Crippen LogP) is -0.358. The molecule has 6 heteroatoms. The van der Waals surface area contributed by atoms with Crippen LogP contribution < -0.4 is 11.5 Å². The van der Waals surface area contributed by atoms with Gasteiger partial charge in [0.15, 0.2) is 5.13 Å². The van der Waals surface area contributed by atoms with Gasteiger partial charge in [-0.1, -0.05) is 0 Å². The third-order valence-corrected chi connectivity index (χ3v) is 2.23. The summed E-state index contributed by atoms with van der Waals surface area (Å²) in [6.07, 6.45) is 1.71. The monoisotopic (exact) mass is 200 g/mol. The van der Waals surface area contributed by atoms with E-state index in [1.165, 1.54) is 11.3 Å². The molecule has 1 heterocycles. The molecule has 1 aromatic heterocycles. The van der Waals surface area contributed by atoms with Gasteiger partial charge in [-0.25, -0.2) is 4.98 Å². The Balaban J connectivity index is 2.44. The number of hydrogen-bond donors (Lipinski definition) is 2. The third-order valence-electron chi connectivity index (χ3n) is 1.42. The minimum absolute atomic E-state index is 0.248. The van der Waals surface area contributed by atoms with Crippen molar-refractivity contribution in [1.29, 1.82) is 0 Å². The van der Waals surface area contributed by atoms with Crippen molar-refractivity contribution in [2.24, 2.45) is 5.73 Å². The maximum Gasteiger partial charge on any atom is 0.231 e. The second kappa shape index (κ2) is 4.20. The zero-order chi connectivity index (χ0) is 9.84. The zero-order valence-electron chi connectivity index (χ0n) is 7.36. The van der Waals surface area contributed by atoms with E-state index >= 15 is 0 Å². The summed E-state index contributed by atoms with van der Waals surface area (Å²) in [5, 5.41) is 0.544. The fourth-order valence-corrected chi connectivity index (χ4v) is 1.75. The van der Waals surface area contributed by atoms with E-state index in [0.717, 1.165) is 4.88 Å². The van der Waals surface area contributed by atoms with Crippen LogP contribution in [-0.2, 0) is 11.3 Å². The molecule has 0 saturated heterocycles. The minimum Gasteiger partial charge on any atom is -0.375 e. The summed E-state index contributed by atoms with van der Waals surface area (Å²) in [5.41, 5.74) is 10.5. The Hall–Kier alpha value is -1.14. The first-order valence-electron chi connectivity index (χ1n) is 3.75. The van der Waals surface area contributed by atoms with E-state index in [1.54, 1.807) is 6.20 Å². The molecular weight excluding hydrogens is 188 g/mol. The van der Waals surface area contributed by atoms with Crippen LogP contribution in [0, 0.1) is 0 Å². The molecule has 5 nitrogen and oxygen atoms in total. The van der Waals surface area contributed by atoms with Crippen LogP contribution in [0.2, 0.25) is 0 Å². The molecule has 0 aliphatic heterocycles. The summed E-state index contributed by atoms with van der Waals surface area (Å²) >= 11 is 1.42. The Morgan fingerprint density at radius 1 is 1.77 bits per heavy atom. The van der Waals surface area contributed by atoms with Crippen LogP contribution in [0.5, 0.6) is 0 Å².